The van der Waals surface area contributed by atoms with E-state index < -0.39 is 56.3 Å². The third-order valence-corrected chi connectivity index (χ3v) is 5.67. The van der Waals surface area contributed by atoms with E-state index >= 15 is 0 Å². The SMILES string of the molecule is CCCN(CC(=O)Nc1ccc(F)c(F)c1F)S(=O)(=O)c1cc(C)ccc1F. The summed E-state index contributed by atoms with van der Waals surface area (Å²) >= 11 is 0. The van der Waals surface area contributed by atoms with Crippen LogP contribution in [0.25, 0.3) is 0 Å². The van der Waals surface area contributed by atoms with Crippen molar-refractivity contribution in [3.05, 3.63) is 59.2 Å². The molecule has 0 spiro atoms. The summed E-state index contributed by atoms with van der Waals surface area (Å²) in [5.41, 5.74) is -0.135. The summed E-state index contributed by atoms with van der Waals surface area (Å²) in [6.45, 7) is 2.37. The molecule has 0 aromatic heterocycles. The Morgan fingerprint density at radius 1 is 1.04 bits per heavy atom. The van der Waals surface area contributed by atoms with Crippen molar-refractivity contribution in [3.8, 4) is 0 Å². The number of aryl methyl sites for hydroxylation is 1. The van der Waals surface area contributed by atoms with E-state index in [0.29, 0.717) is 18.1 Å². The number of halogens is 4. The minimum Gasteiger partial charge on any atom is -0.322 e. The van der Waals surface area contributed by atoms with Gasteiger partial charge in [-0.2, -0.15) is 4.31 Å². The molecule has 1 N–H and O–H groups in total. The molecule has 10 heteroatoms. The van der Waals surface area contributed by atoms with Crippen LogP contribution in [0.5, 0.6) is 0 Å². The summed E-state index contributed by atoms with van der Waals surface area (Å²) in [6.07, 6.45) is 0.319. The van der Waals surface area contributed by atoms with Gasteiger partial charge in [0.1, 0.15) is 10.7 Å². The predicted molar refractivity (Wildman–Crippen MR) is 95.1 cm³/mol. The van der Waals surface area contributed by atoms with Gasteiger partial charge >= 0.3 is 0 Å². The van der Waals surface area contributed by atoms with Gasteiger partial charge in [0.05, 0.1) is 12.2 Å². The van der Waals surface area contributed by atoms with Crippen LogP contribution in [-0.2, 0) is 14.8 Å². The molecule has 28 heavy (non-hydrogen) atoms. The van der Waals surface area contributed by atoms with Crippen molar-refractivity contribution < 1.29 is 30.8 Å². The van der Waals surface area contributed by atoms with Crippen molar-refractivity contribution in [3.63, 3.8) is 0 Å². The van der Waals surface area contributed by atoms with Gasteiger partial charge in [-0.15, -0.1) is 0 Å². The monoisotopic (exact) mass is 418 g/mol. The molecular weight excluding hydrogens is 400 g/mol. The minimum absolute atomic E-state index is 0.108. The molecule has 0 radical (unpaired) electrons. The van der Waals surface area contributed by atoms with Gasteiger partial charge in [0.15, 0.2) is 17.5 Å². The zero-order valence-corrected chi connectivity index (χ0v) is 15.9. The zero-order chi connectivity index (χ0) is 21.1. The van der Waals surface area contributed by atoms with Crippen LogP contribution in [0.15, 0.2) is 35.2 Å². The van der Waals surface area contributed by atoms with Crippen LogP contribution in [0.1, 0.15) is 18.9 Å². The minimum atomic E-state index is -4.36. The number of carbonyl (C=O) groups excluding carboxylic acids is 1. The second-order valence-corrected chi connectivity index (χ2v) is 7.95. The number of rotatable bonds is 7. The third kappa shape index (κ3) is 4.68. The van der Waals surface area contributed by atoms with Gasteiger partial charge < -0.3 is 5.32 Å². The van der Waals surface area contributed by atoms with Crippen LogP contribution in [0.2, 0.25) is 0 Å². The molecule has 0 saturated heterocycles. The number of carbonyl (C=O) groups is 1. The smallest absolute Gasteiger partial charge is 0.246 e. The van der Waals surface area contributed by atoms with Crippen LogP contribution in [0.4, 0.5) is 23.2 Å². The molecule has 0 saturated carbocycles. The van der Waals surface area contributed by atoms with Crippen molar-refractivity contribution in [2.75, 3.05) is 18.4 Å². The Bertz CT molecular complexity index is 997. The van der Waals surface area contributed by atoms with Gasteiger partial charge in [-0.3, -0.25) is 4.79 Å². The van der Waals surface area contributed by atoms with Gasteiger partial charge in [0, 0.05) is 6.54 Å². The number of hydrogen-bond donors (Lipinski definition) is 1. The molecular formula is C18H18F4N2O3S. The lowest BCUT2D eigenvalue weighted by molar-refractivity contribution is -0.116. The standard InChI is InChI=1S/C18H18F4N2O3S/c1-3-8-24(28(26,27)15-9-11(2)4-5-12(15)19)10-16(25)23-14-7-6-13(20)17(21)18(14)22/h4-7,9H,3,8,10H2,1-2H3,(H,23,25). The third-order valence-electron chi connectivity index (χ3n) is 3.81. The van der Waals surface area contributed by atoms with Crippen molar-refractivity contribution >= 4 is 21.6 Å². The summed E-state index contributed by atoms with van der Waals surface area (Å²) in [6, 6.07) is 4.97. The lowest BCUT2D eigenvalue weighted by Crippen LogP contribution is -2.39. The zero-order valence-electron chi connectivity index (χ0n) is 15.1. The summed E-state index contributed by atoms with van der Waals surface area (Å²) < 4.78 is 80.3. The predicted octanol–water partition coefficient (Wildman–Crippen LogP) is 3.59. The fraction of sp³-hybridized carbons (Fsp3) is 0.278. The van der Waals surface area contributed by atoms with Crippen LogP contribution >= 0.6 is 0 Å². The van der Waals surface area contributed by atoms with Crippen molar-refractivity contribution in [2.24, 2.45) is 0 Å². The number of nitrogens with one attached hydrogen (secondary N) is 1. The first-order chi connectivity index (χ1) is 13.1. The molecule has 0 atom stereocenters. The Morgan fingerprint density at radius 2 is 1.68 bits per heavy atom. The van der Waals surface area contributed by atoms with Gasteiger partial charge in [-0.05, 0) is 43.2 Å². The van der Waals surface area contributed by atoms with E-state index in [1.165, 1.54) is 6.07 Å². The molecule has 152 valence electrons. The number of anilines is 1. The summed E-state index contributed by atoms with van der Waals surface area (Å²) in [5.74, 6) is -6.77. The molecule has 2 aromatic rings. The van der Waals surface area contributed by atoms with Crippen LogP contribution in [0.3, 0.4) is 0 Å². The molecule has 0 aliphatic rings. The molecule has 5 nitrogen and oxygen atoms in total. The Morgan fingerprint density at radius 3 is 2.32 bits per heavy atom. The topological polar surface area (TPSA) is 66.5 Å². The largest absolute Gasteiger partial charge is 0.322 e. The fourth-order valence-electron chi connectivity index (χ4n) is 2.45. The summed E-state index contributed by atoms with van der Waals surface area (Å²) in [5, 5.41) is 2.00. The second kappa shape index (κ2) is 8.70. The summed E-state index contributed by atoms with van der Waals surface area (Å²) in [7, 11) is -4.36. The first-order valence-corrected chi connectivity index (χ1v) is 9.71. The Balaban J connectivity index is 2.28. The molecule has 2 aromatic carbocycles. The molecule has 0 heterocycles. The highest BCUT2D eigenvalue weighted by atomic mass is 32.2. The van der Waals surface area contributed by atoms with Gasteiger partial charge in [-0.25, -0.2) is 26.0 Å². The van der Waals surface area contributed by atoms with E-state index in [1.807, 2.05) is 5.32 Å². The van der Waals surface area contributed by atoms with E-state index in [9.17, 15) is 30.8 Å². The highest BCUT2D eigenvalue weighted by Crippen LogP contribution is 2.22. The number of sulfonamides is 1. The van der Waals surface area contributed by atoms with Crippen molar-refractivity contribution in [1.29, 1.82) is 0 Å². The fourth-order valence-corrected chi connectivity index (χ4v) is 4.09. The molecule has 0 aliphatic carbocycles. The molecule has 0 bridgehead atoms. The maximum atomic E-state index is 14.1. The molecule has 1 amide bonds. The lowest BCUT2D eigenvalue weighted by Gasteiger charge is -2.22. The summed E-state index contributed by atoms with van der Waals surface area (Å²) in [4.78, 5) is 11.6. The van der Waals surface area contributed by atoms with Crippen LogP contribution in [0, 0.1) is 30.2 Å². The maximum absolute atomic E-state index is 14.1. The molecule has 0 unspecified atom stereocenters. The van der Waals surface area contributed by atoms with E-state index in [-0.39, 0.29) is 6.54 Å². The number of nitrogens with zero attached hydrogens (tertiary/aromatic N) is 1. The van der Waals surface area contributed by atoms with Gasteiger partial charge in [0.2, 0.25) is 15.9 Å². The lowest BCUT2D eigenvalue weighted by atomic mass is 10.2. The Labute approximate surface area is 160 Å². The molecule has 2 rings (SSSR count). The number of amides is 1. The first kappa shape index (κ1) is 21.8. The highest BCUT2D eigenvalue weighted by Gasteiger charge is 2.29. The number of benzene rings is 2. The molecule has 0 fully saturated rings. The Hall–Kier alpha value is -2.46. The second-order valence-electron chi connectivity index (χ2n) is 6.04. The molecule has 0 aliphatic heterocycles. The van der Waals surface area contributed by atoms with Gasteiger partial charge in [0.25, 0.3) is 0 Å². The van der Waals surface area contributed by atoms with Crippen LogP contribution < -0.4 is 5.32 Å². The quantitative estimate of drug-likeness (QED) is 0.552. The average Bonchev–Trinajstić information content (AvgIpc) is 2.63. The number of hydrogen-bond acceptors (Lipinski definition) is 3. The maximum Gasteiger partial charge on any atom is 0.246 e. The highest BCUT2D eigenvalue weighted by molar-refractivity contribution is 7.89. The first-order valence-electron chi connectivity index (χ1n) is 8.27. The average molecular weight is 418 g/mol. The van der Waals surface area contributed by atoms with Crippen LogP contribution in [-0.4, -0.2) is 31.7 Å². The van der Waals surface area contributed by atoms with E-state index in [4.69, 9.17) is 0 Å². The van der Waals surface area contributed by atoms with Crippen molar-refractivity contribution in [2.45, 2.75) is 25.2 Å². The van der Waals surface area contributed by atoms with Crippen molar-refractivity contribution in [1.82, 2.24) is 4.31 Å². The van der Waals surface area contributed by atoms with E-state index in [2.05, 4.69) is 0 Å². The van der Waals surface area contributed by atoms with Gasteiger partial charge in [-0.1, -0.05) is 13.0 Å². The normalized spacial score (nSPS) is 11.7. The van der Waals surface area contributed by atoms with E-state index in [1.54, 1.807) is 13.8 Å². The Kier molecular flexibility index (Phi) is 6.78. The van der Waals surface area contributed by atoms with E-state index in [0.717, 1.165) is 22.5 Å².